The van der Waals surface area contributed by atoms with Crippen LogP contribution in [0.5, 0.6) is 0 Å². The van der Waals surface area contributed by atoms with Crippen molar-refractivity contribution in [3.63, 3.8) is 0 Å². The van der Waals surface area contributed by atoms with Gasteiger partial charge in [-0.15, -0.1) is 11.3 Å². The van der Waals surface area contributed by atoms with Gasteiger partial charge in [-0.1, -0.05) is 115 Å². The number of hydrogen-bond donors (Lipinski definition) is 0. The largest absolute Gasteiger partial charge is 0.435 e. The lowest BCUT2D eigenvalue weighted by Crippen LogP contribution is -2.01. The summed E-state index contributed by atoms with van der Waals surface area (Å²) in [7, 11) is 0. The molecular weight excluding hydrogens is 609 g/mol. The van der Waals surface area contributed by atoms with E-state index in [0.29, 0.717) is 28.9 Å². The molecule has 7 aromatic carbocycles. The van der Waals surface area contributed by atoms with Gasteiger partial charge in [0.2, 0.25) is 5.89 Å². The molecule has 3 heterocycles. The Morgan fingerprint density at radius 2 is 1.02 bits per heavy atom. The lowest BCUT2D eigenvalue weighted by atomic mass is 10.0. The Bertz CT molecular complexity index is 2850. The molecule has 0 fully saturated rings. The van der Waals surface area contributed by atoms with Gasteiger partial charge < -0.3 is 4.42 Å². The zero-order valence-electron chi connectivity index (χ0n) is 25.5. The first-order valence-corrected chi connectivity index (χ1v) is 16.6. The third-order valence-corrected chi connectivity index (χ3v) is 10.1. The molecule has 0 saturated heterocycles. The normalized spacial score (nSPS) is 11.8. The monoisotopic (exact) mass is 632 g/mol. The first-order valence-electron chi connectivity index (χ1n) is 15.8. The maximum Gasteiger partial charge on any atom is 0.227 e. The molecule has 0 aliphatic rings. The minimum Gasteiger partial charge on any atom is -0.435 e. The van der Waals surface area contributed by atoms with Gasteiger partial charge in [-0.2, -0.15) is 0 Å². The fourth-order valence-electron chi connectivity index (χ4n) is 6.76. The first-order chi connectivity index (χ1) is 23.8. The van der Waals surface area contributed by atoms with E-state index in [9.17, 15) is 0 Å². The molecule has 0 bridgehead atoms. The molecular formula is C42H24N4OS. The molecule has 10 aromatic rings. The summed E-state index contributed by atoms with van der Waals surface area (Å²) in [6.45, 7) is 0. The Labute approximate surface area is 278 Å². The summed E-state index contributed by atoms with van der Waals surface area (Å²) in [5, 5.41) is 6.52. The fourth-order valence-corrected chi connectivity index (χ4v) is 7.90. The van der Waals surface area contributed by atoms with Crippen molar-refractivity contribution in [2.45, 2.75) is 0 Å². The second-order valence-corrected chi connectivity index (χ2v) is 12.9. The van der Waals surface area contributed by atoms with Crippen LogP contribution < -0.4 is 0 Å². The van der Waals surface area contributed by atoms with E-state index in [2.05, 4.69) is 103 Å². The van der Waals surface area contributed by atoms with Crippen molar-refractivity contribution in [3.05, 3.63) is 146 Å². The predicted molar refractivity (Wildman–Crippen MR) is 197 cm³/mol. The molecule has 0 amide bonds. The number of aromatic nitrogens is 4. The van der Waals surface area contributed by atoms with Crippen LogP contribution in [0.2, 0.25) is 0 Å². The SMILES string of the molecule is c1ccc(-c2nc3ccc4cccc(-c5nc(-c6cccc7ccccc67)nc(-c6cccc7sc8ccccc8c67)n5)c4c3o2)cc1. The molecule has 0 aliphatic carbocycles. The van der Waals surface area contributed by atoms with Gasteiger partial charge in [0.25, 0.3) is 0 Å². The lowest BCUT2D eigenvalue weighted by Gasteiger charge is -2.12. The smallest absolute Gasteiger partial charge is 0.227 e. The number of oxazole rings is 1. The molecule has 0 saturated carbocycles. The van der Waals surface area contributed by atoms with E-state index in [1.54, 1.807) is 11.3 Å². The van der Waals surface area contributed by atoms with Crippen LogP contribution in [0.3, 0.4) is 0 Å². The van der Waals surface area contributed by atoms with Crippen LogP contribution in [0, 0.1) is 0 Å². The van der Waals surface area contributed by atoms with Crippen LogP contribution in [0.1, 0.15) is 0 Å². The highest BCUT2D eigenvalue weighted by molar-refractivity contribution is 7.25. The maximum atomic E-state index is 6.53. The first kappa shape index (κ1) is 26.9. The van der Waals surface area contributed by atoms with Crippen molar-refractivity contribution in [3.8, 4) is 45.6 Å². The van der Waals surface area contributed by atoms with Crippen molar-refractivity contribution in [2.24, 2.45) is 0 Å². The zero-order chi connectivity index (χ0) is 31.6. The molecule has 5 nitrogen and oxygen atoms in total. The van der Waals surface area contributed by atoms with E-state index in [4.69, 9.17) is 24.4 Å². The number of benzene rings is 7. The van der Waals surface area contributed by atoms with Crippen LogP contribution >= 0.6 is 11.3 Å². The fraction of sp³-hybridized carbons (Fsp3) is 0. The van der Waals surface area contributed by atoms with Gasteiger partial charge in [-0.25, -0.2) is 19.9 Å². The summed E-state index contributed by atoms with van der Waals surface area (Å²) in [5.74, 6) is 2.41. The molecule has 224 valence electrons. The molecule has 0 aliphatic heterocycles. The second-order valence-electron chi connectivity index (χ2n) is 11.8. The van der Waals surface area contributed by atoms with Gasteiger partial charge in [0, 0.05) is 47.8 Å². The Hall–Kier alpha value is -6.24. The summed E-state index contributed by atoms with van der Waals surface area (Å²) in [6.07, 6.45) is 0. The lowest BCUT2D eigenvalue weighted by molar-refractivity contribution is 0.623. The zero-order valence-corrected chi connectivity index (χ0v) is 26.3. The maximum absolute atomic E-state index is 6.53. The summed E-state index contributed by atoms with van der Waals surface area (Å²) in [6, 6.07) is 49.9. The third kappa shape index (κ3) is 4.24. The highest BCUT2D eigenvalue weighted by atomic mass is 32.1. The van der Waals surface area contributed by atoms with Gasteiger partial charge >= 0.3 is 0 Å². The average molecular weight is 633 g/mol. The number of rotatable bonds is 4. The molecule has 6 heteroatoms. The van der Waals surface area contributed by atoms with Crippen LogP contribution in [-0.4, -0.2) is 19.9 Å². The number of nitrogens with zero attached hydrogens (tertiary/aromatic N) is 4. The Morgan fingerprint density at radius 1 is 0.417 bits per heavy atom. The van der Waals surface area contributed by atoms with E-state index in [-0.39, 0.29) is 0 Å². The van der Waals surface area contributed by atoms with Crippen LogP contribution in [0.15, 0.2) is 150 Å². The molecule has 0 atom stereocenters. The van der Waals surface area contributed by atoms with Crippen molar-refractivity contribution in [2.75, 3.05) is 0 Å². The third-order valence-electron chi connectivity index (χ3n) is 8.97. The summed E-state index contributed by atoms with van der Waals surface area (Å²) >= 11 is 1.79. The van der Waals surface area contributed by atoms with E-state index >= 15 is 0 Å². The standard InChI is InChI=1S/C42H24N4OS/c1-2-12-27(13-3-1)42-43-33-24-23-26-15-9-19-31(36(26)38(33)47-42)40-44-39(29-18-8-14-25-11-4-5-16-28(25)29)45-41(46-40)32-20-10-22-35-37(32)30-17-6-7-21-34(30)48-35/h1-24H. The van der Waals surface area contributed by atoms with E-state index < -0.39 is 0 Å². The topological polar surface area (TPSA) is 64.7 Å². The summed E-state index contributed by atoms with van der Waals surface area (Å²) < 4.78 is 8.97. The van der Waals surface area contributed by atoms with Crippen LogP contribution in [-0.2, 0) is 0 Å². The average Bonchev–Trinajstić information content (AvgIpc) is 3.77. The van der Waals surface area contributed by atoms with Gasteiger partial charge in [0.1, 0.15) is 5.52 Å². The molecule has 0 spiro atoms. The predicted octanol–water partition coefficient (Wildman–Crippen LogP) is 11.4. The number of fused-ring (bicyclic) bond motifs is 7. The van der Waals surface area contributed by atoms with Crippen molar-refractivity contribution in [1.29, 1.82) is 0 Å². The summed E-state index contributed by atoms with van der Waals surface area (Å²) in [4.78, 5) is 20.6. The minimum absolute atomic E-state index is 0.579. The van der Waals surface area contributed by atoms with Gasteiger partial charge in [-0.3, -0.25) is 0 Å². The molecule has 0 radical (unpaired) electrons. The van der Waals surface area contributed by atoms with Gasteiger partial charge in [0.15, 0.2) is 23.1 Å². The molecule has 10 rings (SSSR count). The van der Waals surface area contributed by atoms with Gasteiger partial charge in [-0.05, 0) is 46.5 Å². The van der Waals surface area contributed by atoms with E-state index in [1.807, 2.05) is 42.5 Å². The Kier molecular flexibility index (Phi) is 5.98. The quantitative estimate of drug-likeness (QED) is 0.193. The van der Waals surface area contributed by atoms with Crippen LogP contribution in [0.25, 0.3) is 98.4 Å². The van der Waals surface area contributed by atoms with Crippen LogP contribution in [0.4, 0.5) is 0 Å². The molecule has 0 unspecified atom stereocenters. The summed E-state index contributed by atoms with van der Waals surface area (Å²) in [5.41, 5.74) is 5.22. The van der Waals surface area contributed by atoms with E-state index in [0.717, 1.165) is 54.7 Å². The van der Waals surface area contributed by atoms with Crippen molar-refractivity contribution >= 4 is 64.2 Å². The number of hydrogen-bond acceptors (Lipinski definition) is 6. The number of thiophene rings is 1. The molecule has 0 N–H and O–H groups in total. The second kappa shape index (κ2) is 10.7. The Morgan fingerprint density at radius 3 is 1.85 bits per heavy atom. The minimum atomic E-state index is 0.579. The molecule has 3 aromatic heterocycles. The Balaban J connectivity index is 1.28. The van der Waals surface area contributed by atoms with Crippen molar-refractivity contribution in [1.82, 2.24) is 19.9 Å². The highest BCUT2D eigenvalue weighted by Crippen LogP contribution is 2.41. The van der Waals surface area contributed by atoms with Gasteiger partial charge in [0.05, 0.1) is 0 Å². The van der Waals surface area contributed by atoms with Crippen molar-refractivity contribution < 1.29 is 4.42 Å². The highest BCUT2D eigenvalue weighted by Gasteiger charge is 2.21. The van der Waals surface area contributed by atoms with E-state index in [1.165, 1.54) is 14.8 Å². The molecule has 48 heavy (non-hydrogen) atoms.